The quantitative estimate of drug-likeness (QED) is 0.708. The maximum Gasteiger partial charge on any atom is 0.191 e. The Balaban J connectivity index is 2.84. The smallest absolute Gasteiger partial charge is 0.191 e. The minimum atomic E-state index is -0.366. The number of hydrogen-bond donors (Lipinski definition) is 0. The molecule has 0 aliphatic carbocycles. The summed E-state index contributed by atoms with van der Waals surface area (Å²) in [5.41, 5.74) is 1.96. The lowest BCUT2D eigenvalue weighted by Gasteiger charge is -2.09. The van der Waals surface area contributed by atoms with Crippen molar-refractivity contribution >= 4 is 5.78 Å². The van der Waals surface area contributed by atoms with Crippen molar-refractivity contribution in [3.63, 3.8) is 0 Å². The molecule has 2 nitrogen and oxygen atoms in total. The number of rotatable bonds is 4. The lowest BCUT2D eigenvalue weighted by molar-refractivity contribution is 0.0655. The largest absolute Gasteiger partial charge is 0.374 e. The van der Waals surface area contributed by atoms with E-state index >= 15 is 0 Å². The van der Waals surface area contributed by atoms with Crippen molar-refractivity contribution in [1.29, 1.82) is 0 Å². The van der Waals surface area contributed by atoms with E-state index in [0.717, 1.165) is 0 Å². The predicted molar refractivity (Wildman–Crippen MR) is 61.3 cm³/mol. The number of carbonyl (C=O) groups is 1. The van der Waals surface area contributed by atoms with Crippen LogP contribution in [0.25, 0.3) is 0 Å². The standard InChI is InChI=1S/C13H18O2/c1-9(2)11-5-7-12(8-6-11)13(14)10(3)15-4/h5-10H,1-4H3. The monoisotopic (exact) mass is 206 g/mol. The van der Waals surface area contributed by atoms with Crippen LogP contribution in [0.3, 0.4) is 0 Å². The normalized spacial score (nSPS) is 12.9. The number of Topliss-reactive ketones (excluding diaryl/α,β-unsaturated/α-hetero) is 1. The summed E-state index contributed by atoms with van der Waals surface area (Å²) in [5.74, 6) is 0.529. The van der Waals surface area contributed by atoms with Gasteiger partial charge in [-0.2, -0.15) is 0 Å². The number of hydrogen-bond acceptors (Lipinski definition) is 2. The van der Waals surface area contributed by atoms with Gasteiger partial charge >= 0.3 is 0 Å². The average molecular weight is 206 g/mol. The van der Waals surface area contributed by atoms with Crippen molar-refractivity contribution in [1.82, 2.24) is 0 Å². The van der Waals surface area contributed by atoms with Crippen LogP contribution in [0.4, 0.5) is 0 Å². The summed E-state index contributed by atoms with van der Waals surface area (Å²) < 4.78 is 4.99. The van der Waals surface area contributed by atoms with Gasteiger partial charge in [0, 0.05) is 12.7 Å². The number of benzene rings is 1. The minimum absolute atomic E-state index is 0.0350. The van der Waals surface area contributed by atoms with E-state index in [2.05, 4.69) is 13.8 Å². The maximum atomic E-state index is 11.7. The van der Waals surface area contributed by atoms with Crippen molar-refractivity contribution in [2.75, 3.05) is 7.11 Å². The van der Waals surface area contributed by atoms with Gasteiger partial charge in [0.25, 0.3) is 0 Å². The molecule has 1 aromatic carbocycles. The summed E-state index contributed by atoms with van der Waals surface area (Å²) in [5, 5.41) is 0. The molecule has 0 aliphatic heterocycles. The Kier molecular flexibility index (Phi) is 4.04. The van der Waals surface area contributed by atoms with E-state index in [1.807, 2.05) is 24.3 Å². The molecule has 1 rings (SSSR count). The Labute approximate surface area is 91.3 Å². The molecule has 0 spiro atoms. The van der Waals surface area contributed by atoms with Gasteiger partial charge in [-0.3, -0.25) is 4.79 Å². The van der Waals surface area contributed by atoms with Crippen LogP contribution in [-0.4, -0.2) is 19.0 Å². The summed E-state index contributed by atoms with van der Waals surface area (Å²) in [7, 11) is 1.55. The van der Waals surface area contributed by atoms with Crippen LogP contribution in [0.1, 0.15) is 42.6 Å². The highest BCUT2D eigenvalue weighted by molar-refractivity contribution is 5.99. The average Bonchev–Trinajstić information content (AvgIpc) is 2.27. The van der Waals surface area contributed by atoms with Crippen LogP contribution >= 0.6 is 0 Å². The molecule has 82 valence electrons. The topological polar surface area (TPSA) is 26.3 Å². The molecular weight excluding hydrogens is 188 g/mol. The van der Waals surface area contributed by atoms with Gasteiger partial charge in [0.15, 0.2) is 5.78 Å². The highest BCUT2D eigenvalue weighted by Gasteiger charge is 2.13. The second-order valence-electron chi connectivity index (χ2n) is 4.02. The fourth-order valence-electron chi connectivity index (χ4n) is 1.37. The highest BCUT2D eigenvalue weighted by atomic mass is 16.5. The van der Waals surface area contributed by atoms with Gasteiger partial charge in [-0.1, -0.05) is 38.1 Å². The van der Waals surface area contributed by atoms with Crippen LogP contribution in [-0.2, 0) is 4.74 Å². The molecule has 0 fully saturated rings. The molecule has 0 N–H and O–H groups in total. The van der Waals surface area contributed by atoms with Gasteiger partial charge in [0.05, 0.1) is 0 Å². The summed E-state index contributed by atoms with van der Waals surface area (Å²) in [6.07, 6.45) is -0.366. The number of carbonyl (C=O) groups excluding carboxylic acids is 1. The Morgan fingerprint density at radius 3 is 2.07 bits per heavy atom. The lowest BCUT2D eigenvalue weighted by Crippen LogP contribution is -2.18. The first-order chi connectivity index (χ1) is 7.06. The first-order valence-electron chi connectivity index (χ1n) is 5.23. The van der Waals surface area contributed by atoms with Crippen molar-refractivity contribution in [2.45, 2.75) is 32.8 Å². The van der Waals surface area contributed by atoms with Gasteiger partial charge in [-0.05, 0) is 18.4 Å². The Hall–Kier alpha value is -1.15. The van der Waals surface area contributed by atoms with Crippen molar-refractivity contribution < 1.29 is 9.53 Å². The zero-order valence-electron chi connectivity index (χ0n) is 9.78. The summed E-state index contributed by atoms with van der Waals surface area (Å²) in [4.78, 5) is 11.7. The van der Waals surface area contributed by atoms with Crippen LogP contribution in [0, 0.1) is 0 Å². The Bertz CT molecular complexity index is 325. The summed E-state index contributed by atoms with van der Waals surface area (Å²) in [6, 6.07) is 7.74. The first-order valence-corrected chi connectivity index (χ1v) is 5.23. The van der Waals surface area contributed by atoms with Crippen LogP contribution in [0.2, 0.25) is 0 Å². The fraction of sp³-hybridized carbons (Fsp3) is 0.462. The van der Waals surface area contributed by atoms with E-state index in [9.17, 15) is 4.79 Å². The molecule has 2 heteroatoms. The molecule has 0 saturated carbocycles. The molecule has 0 radical (unpaired) electrons. The lowest BCUT2D eigenvalue weighted by atomic mass is 9.99. The van der Waals surface area contributed by atoms with E-state index in [4.69, 9.17) is 4.74 Å². The Morgan fingerprint density at radius 1 is 1.13 bits per heavy atom. The second-order valence-corrected chi connectivity index (χ2v) is 4.02. The molecular formula is C13H18O2. The second kappa shape index (κ2) is 5.08. The van der Waals surface area contributed by atoms with E-state index in [1.165, 1.54) is 5.56 Å². The third kappa shape index (κ3) is 2.90. The number of methoxy groups -OCH3 is 1. The third-order valence-corrected chi connectivity index (χ3v) is 2.58. The predicted octanol–water partition coefficient (Wildman–Crippen LogP) is 3.03. The molecule has 15 heavy (non-hydrogen) atoms. The molecule has 1 atom stereocenters. The van der Waals surface area contributed by atoms with Crippen molar-refractivity contribution in [2.24, 2.45) is 0 Å². The number of ether oxygens (including phenoxy) is 1. The zero-order valence-corrected chi connectivity index (χ0v) is 9.78. The minimum Gasteiger partial charge on any atom is -0.374 e. The zero-order chi connectivity index (χ0) is 11.4. The molecule has 0 bridgehead atoms. The molecule has 0 aromatic heterocycles. The first kappa shape index (κ1) is 11.9. The fourth-order valence-corrected chi connectivity index (χ4v) is 1.37. The van der Waals surface area contributed by atoms with Crippen LogP contribution in [0.15, 0.2) is 24.3 Å². The van der Waals surface area contributed by atoms with E-state index < -0.39 is 0 Å². The SMILES string of the molecule is COC(C)C(=O)c1ccc(C(C)C)cc1. The van der Waals surface area contributed by atoms with Crippen LogP contribution < -0.4 is 0 Å². The Morgan fingerprint density at radius 2 is 1.67 bits per heavy atom. The summed E-state index contributed by atoms with van der Waals surface area (Å²) >= 11 is 0. The molecule has 0 aliphatic rings. The highest BCUT2D eigenvalue weighted by Crippen LogP contribution is 2.15. The molecule has 0 amide bonds. The molecule has 1 unspecified atom stereocenters. The molecule has 1 aromatic rings. The van der Waals surface area contributed by atoms with Gasteiger partial charge in [0.2, 0.25) is 0 Å². The van der Waals surface area contributed by atoms with E-state index in [-0.39, 0.29) is 11.9 Å². The summed E-state index contributed by atoms with van der Waals surface area (Å²) in [6.45, 7) is 6.03. The van der Waals surface area contributed by atoms with Gasteiger partial charge in [-0.15, -0.1) is 0 Å². The van der Waals surface area contributed by atoms with E-state index in [0.29, 0.717) is 11.5 Å². The van der Waals surface area contributed by atoms with Gasteiger partial charge in [0.1, 0.15) is 6.10 Å². The van der Waals surface area contributed by atoms with Crippen molar-refractivity contribution in [3.8, 4) is 0 Å². The molecule has 0 heterocycles. The maximum absolute atomic E-state index is 11.7. The van der Waals surface area contributed by atoms with Crippen LogP contribution in [0.5, 0.6) is 0 Å². The van der Waals surface area contributed by atoms with Gasteiger partial charge < -0.3 is 4.74 Å². The van der Waals surface area contributed by atoms with E-state index in [1.54, 1.807) is 14.0 Å². The third-order valence-electron chi connectivity index (χ3n) is 2.58. The molecule has 0 saturated heterocycles. The van der Waals surface area contributed by atoms with Crippen molar-refractivity contribution in [3.05, 3.63) is 35.4 Å². The van der Waals surface area contributed by atoms with Gasteiger partial charge in [-0.25, -0.2) is 0 Å². The number of ketones is 1.